The van der Waals surface area contributed by atoms with E-state index in [-0.39, 0.29) is 18.0 Å². The zero-order chi connectivity index (χ0) is 15.5. The van der Waals surface area contributed by atoms with Crippen molar-refractivity contribution in [3.8, 4) is 0 Å². The smallest absolute Gasteiger partial charge is 0.240 e. The summed E-state index contributed by atoms with van der Waals surface area (Å²) in [5.41, 5.74) is 1.13. The third-order valence-electron chi connectivity index (χ3n) is 2.93. The van der Waals surface area contributed by atoms with Crippen molar-refractivity contribution in [2.24, 2.45) is 0 Å². The summed E-state index contributed by atoms with van der Waals surface area (Å²) in [5.74, 6) is 0. The molecule has 1 aromatic heterocycles. The van der Waals surface area contributed by atoms with Crippen LogP contribution in [0.25, 0.3) is 0 Å². The van der Waals surface area contributed by atoms with Crippen LogP contribution >= 0.6 is 15.9 Å². The molecule has 0 aliphatic carbocycles. The second kappa shape index (κ2) is 6.65. The quantitative estimate of drug-likeness (QED) is 0.779. The van der Waals surface area contributed by atoms with E-state index >= 15 is 0 Å². The normalized spacial score (nSPS) is 11.8. The highest BCUT2D eigenvalue weighted by molar-refractivity contribution is 9.10. The van der Waals surface area contributed by atoms with Crippen molar-refractivity contribution < 1.29 is 13.5 Å². The highest BCUT2D eigenvalue weighted by atomic mass is 79.9. The van der Waals surface area contributed by atoms with Crippen LogP contribution in [0.5, 0.6) is 0 Å². The van der Waals surface area contributed by atoms with E-state index in [0.29, 0.717) is 22.1 Å². The zero-order valence-electron chi connectivity index (χ0n) is 11.3. The van der Waals surface area contributed by atoms with Crippen molar-refractivity contribution >= 4 is 26.0 Å². The van der Waals surface area contributed by atoms with E-state index in [1.807, 2.05) is 0 Å². The molecule has 0 saturated carbocycles. The fourth-order valence-electron chi connectivity index (χ4n) is 1.80. The van der Waals surface area contributed by atoms with Crippen LogP contribution in [0.3, 0.4) is 0 Å². The molecule has 114 valence electrons. The first kappa shape index (κ1) is 16.1. The van der Waals surface area contributed by atoms with Crippen LogP contribution in [0.1, 0.15) is 11.1 Å². The summed E-state index contributed by atoms with van der Waals surface area (Å²) in [4.78, 5) is 0.152. The molecule has 2 aromatic rings. The fourth-order valence-corrected chi connectivity index (χ4v) is 3.78. The van der Waals surface area contributed by atoms with Crippen LogP contribution in [0.2, 0.25) is 0 Å². The highest BCUT2D eigenvalue weighted by Crippen LogP contribution is 2.25. The van der Waals surface area contributed by atoms with Crippen LogP contribution < -0.4 is 4.72 Å². The number of sulfonamides is 1. The summed E-state index contributed by atoms with van der Waals surface area (Å²) in [7, 11) is -3.65. The number of aliphatic hydroxyl groups is 1. The molecule has 0 bridgehead atoms. The molecule has 2 rings (SSSR count). The summed E-state index contributed by atoms with van der Waals surface area (Å²) in [6.45, 7) is 2.07. The molecule has 0 spiro atoms. The first-order valence-corrected chi connectivity index (χ1v) is 8.45. The Balaban J connectivity index is 2.17. The van der Waals surface area contributed by atoms with E-state index in [1.54, 1.807) is 19.2 Å². The van der Waals surface area contributed by atoms with Crippen molar-refractivity contribution in [1.82, 2.24) is 19.7 Å². The van der Waals surface area contributed by atoms with E-state index in [2.05, 4.69) is 31.0 Å². The second-order valence-electron chi connectivity index (χ2n) is 4.42. The number of rotatable bonds is 6. The van der Waals surface area contributed by atoms with Crippen molar-refractivity contribution in [3.05, 3.63) is 40.1 Å². The first-order chi connectivity index (χ1) is 9.94. The third kappa shape index (κ3) is 3.88. The molecule has 0 radical (unpaired) electrons. The molecule has 0 atom stereocenters. The van der Waals surface area contributed by atoms with E-state index < -0.39 is 10.0 Å². The zero-order valence-corrected chi connectivity index (χ0v) is 13.7. The Morgan fingerprint density at radius 3 is 2.81 bits per heavy atom. The van der Waals surface area contributed by atoms with Gasteiger partial charge in [0.15, 0.2) is 0 Å². The molecule has 0 saturated heterocycles. The van der Waals surface area contributed by atoms with Gasteiger partial charge in [-0.2, -0.15) is 0 Å². The van der Waals surface area contributed by atoms with Gasteiger partial charge in [-0.1, -0.05) is 21.1 Å². The number of halogens is 1. The average Bonchev–Trinajstić information content (AvgIpc) is 2.94. The van der Waals surface area contributed by atoms with Gasteiger partial charge in [-0.25, -0.2) is 13.1 Å². The summed E-state index contributed by atoms with van der Waals surface area (Å²) in [6, 6.07) is 3.17. The van der Waals surface area contributed by atoms with Gasteiger partial charge in [-0.05, 0) is 30.2 Å². The maximum atomic E-state index is 12.3. The molecule has 0 amide bonds. The lowest BCUT2D eigenvalue weighted by atomic mass is 10.2. The minimum atomic E-state index is -3.65. The van der Waals surface area contributed by atoms with Gasteiger partial charge in [0.1, 0.15) is 0 Å². The molecule has 0 unspecified atom stereocenters. The van der Waals surface area contributed by atoms with Crippen molar-refractivity contribution in [1.29, 1.82) is 0 Å². The minimum absolute atomic E-state index is 0.152. The van der Waals surface area contributed by atoms with Gasteiger partial charge in [0, 0.05) is 17.2 Å². The van der Waals surface area contributed by atoms with E-state index in [9.17, 15) is 13.5 Å². The van der Waals surface area contributed by atoms with E-state index in [4.69, 9.17) is 0 Å². The van der Waals surface area contributed by atoms with Gasteiger partial charge >= 0.3 is 0 Å². The highest BCUT2D eigenvalue weighted by Gasteiger charge is 2.19. The van der Waals surface area contributed by atoms with Gasteiger partial charge in [-0.15, -0.1) is 5.10 Å². The molecular weight excluding hydrogens is 360 g/mol. The maximum absolute atomic E-state index is 12.3. The lowest BCUT2D eigenvalue weighted by molar-refractivity contribution is 0.281. The number of benzene rings is 1. The predicted molar refractivity (Wildman–Crippen MR) is 80.0 cm³/mol. The summed E-state index contributed by atoms with van der Waals surface area (Å²) in [6.07, 6.45) is 3.18. The SMILES string of the molecule is Cc1c(Br)cc(CO)cc1S(=O)(=O)NCCn1ccnn1. The molecule has 9 heteroatoms. The minimum Gasteiger partial charge on any atom is -0.392 e. The largest absolute Gasteiger partial charge is 0.392 e. The van der Waals surface area contributed by atoms with Crippen LogP contribution in [-0.2, 0) is 23.2 Å². The second-order valence-corrected chi connectivity index (χ2v) is 7.01. The lowest BCUT2D eigenvalue weighted by Crippen LogP contribution is -2.28. The Labute approximate surface area is 131 Å². The Hall–Kier alpha value is -1.29. The van der Waals surface area contributed by atoms with E-state index in [0.717, 1.165) is 0 Å². The Kier molecular flexibility index (Phi) is 5.09. The van der Waals surface area contributed by atoms with Crippen LogP contribution in [-0.4, -0.2) is 35.1 Å². The maximum Gasteiger partial charge on any atom is 0.240 e. The Morgan fingerprint density at radius 1 is 1.43 bits per heavy atom. The van der Waals surface area contributed by atoms with Gasteiger partial charge in [0.25, 0.3) is 0 Å². The van der Waals surface area contributed by atoms with Crippen molar-refractivity contribution in [2.75, 3.05) is 6.54 Å². The monoisotopic (exact) mass is 374 g/mol. The number of hydrogen-bond donors (Lipinski definition) is 2. The molecule has 2 N–H and O–H groups in total. The number of aliphatic hydroxyl groups excluding tert-OH is 1. The number of nitrogens with one attached hydrogen (secondary N) is 1. The van der Waals surface area contributed by atoms with Gasteiger partial charge in [-0.3, -0.25) is 4.68 Å². The summed E-state index contributed by atoms with van der Waals surface area (Å²) in [5, 5.41) is 16.6. The predicted octanol–water partition coefficient (Wildman–Crippen LogP) is 0.820. The number of hydrogen-bond acceptors (Lipinski definition) is 5. The third-order valence-corrected chi connectivity index (χ3v) is 5.34. The van der Waals surface area contributed by atoms with Gasteiger partial charge < -0.3 is 5.11 Å². The summed E-state index contributed by atoms with van der Waals surface area (Å²) < 4.78 is 29.4. The molecule has 21 heavy (non-hydrogen) atoms. The van der Waals surface area contributed by atoms with Crippen molar-refractivity contribution in [2.45, 2.75) is 25.0 Å². The van der Waals surface area contributed by atoms with Crippen LogP contribution in [0.4, 0.5) is 0 Å². The van der Waals surface area contributed by atoms with Crippen molar-refractivity contribution in [3.63, 3.8) is 0 Å². The van der Waals surface area contributed by atoms with Crippen LogP contribution in [0, 0.1) is 6.92 Å². The number of nitrogens with zero attached hydrogens (tertiary/aromatic N) is 3. The average molecular weight is 375 g/mol. The van der Waals surface area contributed by atoms with Gasteiger partial charge in [0.05, 0.1) is 24.2 Å². The Bertz CT molecular complexity index is 716. The number of aromatic nitrogens is 3. The lowest BCUT2D eigenvalue weighted by Gasteiger charge is -2.12. The fraction of sp³-hybridized carbons (Fsp3) is 0.333. The Morgan fingerprint density at radius 2 is 2.19 bits per heavy atom. The standard InChI is InChI=1S/C12H15BrN4O3S/c1-9-11(13)6-10(8-18)7-12(9)21(19,20)15-3-5-17-4-2-14-16-17/h2,4,6-7,15,18H,3,5,8H2,1H3. The molecule has 0 fully saturated rings. The topological polar surface area (TPSA) is 97.1 Å². The molecule has 0 aliphatic heterocycles. The molecule has 1 heterocycles. The molecule has 7 nitrogen and oxygen atoms in total. The van der Waals surface area contributed by atoms with Gasteiger partial charge in [0.2, 0.25) is 10.0 Å². The first-order valence-electron chi connectivity index (χ1n) is 6.17. The van der Waals surface area contributed by atoms with Crippen LogP contribution in [0.15, 0.2) is 33.9 Å². The van der Waals surface area contributed by atoms with E-state index in [1.165, 1.54) is 16.9 Å². The molecular formula is C12H15BrN4O3S. The summed E-state index contributed by atoms with van der Waals surface area (Å²) >= 11 is 3.30. The molecule has 0 aliphatic rings. The molecule has 1 aromatic carbocycles.